The highest BCUT2D eigenvalue weighted by Crippen LogP contribution is 2.29. The SMILES string of the molecule is CN(CCOCC1CC1)S(=O)(=O)c1cc(CCl)ccc1Br. The molecule has 1 aliphatic carbocycles. The van der Waals surface area contributed by atoms with Crippen molar-refractivity contribution >= 4 is 37.6 Å². The monoisotopic (exact) mass is 395 g/mol. The van der Waals surface area contributed by atoms with E-state index in [1.807, 2.05) is 0 Å². The molecule has 1 saturated carbocycles. The van der Waals surface area contributed by atoms with E-state index < -0.39 is 10.0 Å². The molecule has 4 nitrogen and oxygen atoms in total. The van der Waals surface area contributed by atoms with E-state index >= 15 is 0 Å². The summed E-state index contributed by atoms with van der Waals surface area (Å²) in [6.45, 7) is 1.49. The summed E-state index contributed by atoms with van der Waals surface area (Å²) in [5.74, 6) is 0.964. The Kier molecular flexibility index (Phi) is 6.08. The summed E-state index contributed by atoms with van der Waals surface area (Å²) in [4.78, 5) is 0.241. The first-order chi connectivity index (χ1) is 9.95. The van der Waals surface area contributed by atoms with Crippen molar-refractivity contribution in [1.29, 1.82) is 0 Å². The molecular formula is C14H19BrClNO3S. The molecule has 1 fully saturated rings. The first-order valence-electron chi connectivity index (χ1n) is 6.83. The van der Waals surface area contributed by atoms with E-state index in [1.165, 1.54) is 17.1 Å². The lowest BCUT2D eigenvalue weighted by atomic mass is 10.2. The maximum absolute atomic E-state index is 12.6. The maximum Gasteiger partial charge on any atom is 0.244 e. The molecular weight excluding hydrogens is 378 g/mol. The van der Waals surface area contributed by atoms with Crippen molar-refractivity contribution in [3.05, 3.63) is 28.2 Å². The lowest BCUT2D eigenvalue weighted by Crippen LogP contribution is -2.30. The number of sulfonamides is 1. The summed E-state index contributed by atoms with van der Waals surface area (Å²) >= 11 is 9.07. The molecule has 21 heavy (non-hydrogen) atoms. The molecule has 7 heteroatoms. The van der Waals surface area contributed by atoms with Crippen LogP contribution < -0.4 is 0 Å². The third kappa shape index (κ3) is 4.66. The molecule has 1 aromatic carbocycles. The van der Waals surface area contributed by atoms with Crippen LogP contribution in [-0.4, -0.2) is 39.5 Å². The second-order valence-corrected chi connectivity index (χ2v) is 8.38. The minimum absolute atomic E-state index is 0.241. The molecule has 0 N–H and O–H groups in total. The van der Waals surface area contributed by atoms with Crippen LogP contribution >= 0.6 is 27.5 Å². The summed E-state index contributed by atoms with van der Waals surface area (Å²) in [5, 5.41) is 0. The molecule has 0 aromatic heterocycles. The molecule has 1 aliphatic rings. The fourth-order valence-corrected chi connectivity index (χ4v) is 4.14. The van der Waals surface area contributed by atoms with Crippen LogP contribution in [0.3, 0.4) is 0 Å². The van der Waals surface area contributed by atoms with Gasteiger partial charge in [-0.1, -0.05) is 6.07 Å². The van der Waals surface area contributed by atoms with Crippen LogP contribution in [0, 0.1) is 5.92 Å². The van der Waals surface area contributed by atoms with Gasteiger partial charge in [0.05, 0.1) is 11.5 Å². The van der Waals surface area contributed by atoms with Crippen LogP contribution in [0.1, 0.15) is 18.4 Å². The Morgan fingerprint density at radius 1 is 1.43 bits per heavy atom. The fraction of sp³-hybridized carbons (Fsp3) is 0.571. The molecule has 0 atom stereocenters. The van der Waals surface area contributed by atoms with Gasteiger partial charge in [-0.2, -0.15) is 4.31 Å². The number of hydrogen-bond acceptors (Lipinski definition) is 3. The molecule has 0 spiro atoms. The van der Waals surface area contributed by atoms with Crippen molar-refractivity contribution in [2.24, 2.45) is 5.92 Å². The van der Waals surface area contributed by atoms with Gasteiger partial charge in [0, 0.05) is 30.6 Å². The molecule has 2 rings (SSSR count). The summed E-state index contributed by atoms with van der Waals surface area (Å²) in [6.07, 6.45) is 2.46. The Balaban J connectivity index is 2.01. The highest BCUT2D eigenvalue weighted by molar-refractivity contribution is 9.10. The zero-order valence-electron chi connectivity index (χ0n) is 11.9. The van der Waals surface area contributed by atoms with Crippen molar-refractivity contribution in [1.82, 2.24) is 4.31 Å². The number of alkyl halides is 1. The Labute approximate surface area is 139 Å². The van der Waals surface area contributed by atoms with E-state index in [2.05, 4.69) is 15.9 Å². The largest absolute Gasteiger partial charge is 0.380 e. The minimum Gasteiger partial charge on any atom is -0.380 e. The quantitative estimate of drug-likeness (QED) is 0.500. The number of nitrogens with zero attached hydrogens (tertiary/aromatic N) is 1. The first kappa shape index (κ1) is 17.2. The van der Waals surface area contributed by atoms with Crippen LogP contribution in [0.5, 0.6) is 0 Å². The molecule has 0 bridgehead atoms. The molecule has 0 heterocycles. The van der Waals surface area contributed by atoms with E-state index in [-0.39, 0.29) is 10.8 Å². The minimum atomic E-state index is -3.54. The summed E-state index contributed by atoms with van der Waals surface area (Å²) in [5.41, 5.74) is 0.775. The molecule has 118 valence electrons. The topological polar surface area (TPSA) is 46.6 Å². The van der Waals surface area contributed by atoms with Crippen LogP contribution in [0.15, 0.2) is 27.6 Å². The normalized spacial score (nSPS) is 15.6. The van der Waals surface area contributed by atoms with Crippen LogP contribution in [0.2, 0.25) is 0 Å². The fourth-order valence-electron chi connectivity index (χ4n) is 1.84. The van der Waals surface area contributed by atoms with Gasteiger partial charge in [0.15, 0.2) is 0 Å². The van der Waals surface area contributed by atoms with Crippen molar-refractivity contribution in [3.63, 3.8) is 0 Å². The summed E-state index contributed by atoms with van der Waals surface area (Å²) in [6, 6.07) is 5.12. The van der Waals surface area contributed by atoms with Crippen molar-refractivity contribution < 1.29 is 13.2 Å². The van der Waals surface area contributed by atoms with E-state index in [1.54, 1.807) is 25.2 Å². The number of likely N-dealkylation sites (N-methyl/N-ethyl adjacent to an activating group) is 1. The molecule has 0 aliphatic heterocycles. The summed E-state index contributed by atoms with van der Waals surface area (Å²) in [7, 11) is -1.97. The standard InChI is InChI=1S/C14H19BrClNO3S/c1-17(6-7-20-10-11-2-3-11)21(18,19)14-8-12(9-16)4-5-13(14)15/h4-5,8,11H,2-3,6-7,9-10H2,1H3. The number of ether oxygens (including phenoxy) is 1. The number of benzene rings is 1. The second-order valence-electron chi connectivity index (χ2n) is 5.24. The summed E-state index contributed by atoms with van der Waals surface area (Å²) < 4.78 is 32.5. The highest BCUT2D eigenvalue weighted by Gasteiger charge is 2.24. The Hall–Kier alpha value is -0.140. The average Bonchev–Trinajstić information content (AvgIpc) is 3.27. The smallest absolute Gasteiger partial charge is 0.244 e. The third-order valence-electron chi connectivity index (χ3n) is 3.44. The van der Waals surface area contributed by atoms with Crippen molar-refractivity contribution in [3.8, 4) is 0 Å². The Morgan fingerprint density at radius 3 is 2.76 bits per heavy atom. The molecule has 0 amide bonds. The van der Waals surface area contributed by atoms with Crippen molar-refractivity contribution in [2.45, 2.75) is 23.6 Å². The number of rotatable bonds is 8. The van der Waals surface area contributed by atoms with Crippen molar-refractivity contribution in [2.75, 3.05) is 26.8 Å². The van der Waals surface area contributed by atoms with Gasteiger partial charge < -0.3 is 4.74 Å². The average molecular weight is 397 g/mol. The zero-order chi connectivity index (χ0) is 15.5. The highest BCUT2D eigenvalue weighted by atomic mass is 79.9. The lowest BCUT2D eigenvalue weighted by Gasteiger charge is -2.18. The molecule has 0 saturated heterocycles. The first-order valence-corrected chi connectivity index (χ1v) is 9.60. The molecule has 0 radical (unpaired) electrons. The van der Waals surface area contributed by atoms with E-state index in [9.17, 15) is 8.42 Å². The number of halogens is 2. The van der Waals surface area contributed by atoms with Gasteiger partial charge in [-0.05, 0) is 52.4 Å². The number of hydrogen-bond donors (Lipinski definition) is 0. The van der Waals surface area contributed by atoms with E-state index in [0.717, 1.165) is 12.2 Å². The van der Waals surface area contributed by atoms with Gasteiger partial charge in [0.1, 0.15) is 0 Å². The zero-order valence-corrected chi connectivity index (χ0v) is 15.0. The lowest BCUT2D eigenvalue weighted by molar-refractivity contribution is 0.117. The van der Waals surface area contributed by atoms with Crippen LogP contribution in [-0.2, 0) is 20.6 Å². The molecule has 1 aromatic rings. The van der Waals surface area contributed by atoms with Gasteiger partial charge in [0.25, 0.3) is 0 Å². The van der Waals surface area contributed by atoms with Crippen LogP contribution in [0.25, 0.3) is 0 Å². The second kappa shape index (κ2) is 7.42. The Bertz CT molecular complexity index is 590. The maximum atomic E-state index is 12.6. The van der Waals surface area contributed by atoms with Gasteiger partial charge in [-0.25, -0.2) is 8.42 Å². The van der Waals surface area contributed by atoms with Gasteiger partial charge in [-0.15, -0.1) is 11.6 Å². The predicted octanol–water partition coefficient (Wildman–Crippen LogP) is 3.24. The third-order valence-corrected chi connectivity index (χ3v) is 6.60. The van der Waals surface area contributed by atoms with E-state index in [4.69, 9.17) is 16.3 Å². The van der Waals surface area contributed by atoms with Gasteiger partial charge in [0.2, 0.25) is 10.0 Å². The Morgan fingerprint density at radius 2 is 2.14 bits per heavy atom. The van der Waals surface area contributed by atoms with Gasteiger partial charge >= 0.3 is 0 Å². The van der Waals surface area contributed by atoms with E-state index in [0.29, 0.717) is 23.5 Å². The van der Waals surface area contributed by atoms with Gasteiger partial charge in [-0.3, -0.25) is 0 Å². The molecule has 0 unspecified atom stereocenters. The predicted molar refractivity (Wildman–Crippen MR) is 87.1 cm³/mol. The van der Waals surface area contributed by atoms with Crippen LogP contribution in [0.4, 0.5) is 0 Å².